The van der Waals surface area contributed by atoms with E-state index in [2.05, 4.69) is 248 Å². The van der Waals surface area contributed by atoms with E-state index in [0.29, 0.717) is 0 Å². The number of benzene rings is 6. The lowest BCUT2D eigenvalue weighted by Crippen LogP contribution is -1.92. The first kappa shape index (κ1) is 40.6. The van der Waals surface area contributed by atoms with Crippen LogP contribution in [0.25, 0.3) is 125 Å². The minimum atomic E-state index is 0.853. The van der Waals surface area contributed by atoms with Crippen molar-refractivity contribution in [3.05, 3.63) is 234 Å². The van der Waals surface area contributed by atoms with Crippen molar-refractivity contribution in [1.82, 2.24) is 24.9 Å². The summed E-state index contributed by atoms with van der Waals surface area (Å²) in [6.07, 6.45) is 8.65. The van der Waals surface area contributed by atoms with Gasteiger partial charge in [0.05, 0.1) is 39.7 Å². The molecule has 5 heteroatoms. The molecule has 0 aliphatic carbocycles. The van der Waals surface area contributed by atoms with Crippen molar-refractivity contribution in [3.63, 3.8) is 0 Å². The molecule has 0 fully saturated rings. The molecule has 4 aromatic heterocycles. The summed E-state index contributed by atoms with van der Waals surface area (Å²) < 4.78 is 0. The molecule has 8 bridgehead atoms. The number of pyridine rings is 1. The van der Waals surface area contributed by atoms with Gasteiger partial charge in [0.2, 0.25) is 0 Å². The maximum Gasteiger partial charge on any atom is 0.0737 e. The Balaban J connectivity index is 1.28. The van der Waals surface area contributed by atoms with E-state index in [0.717, 1.165) is 123 Å². The van der Waals surface area contributed by atoms with Crippen molar-refractivity contribution in [2.45, 2.75) is 13.8 Å². The Bertz CT molecular complexity index is 3690. The molecule has 0 saturated heterocycles. The van der Waals surface area contributed by atoms with Crippen LogP contribution in [0.4, 0.5) is 0 Å². The number of aromatic amines is 2. The number of aromatic nitrogens is 5. The number of hydrogen-bond donors (Lipinski definition) is 2. The zero-order valence-electron chi connectivity index (χ0n) is 37.7. The predicted octanol–water partition coefficient (Wildman–Crippen LogP) is 16.3. The third-order valence-corrected chi connectivity index (χ3v) is 12.9. The van der Waals surface area contributed by atoms with Crippen LogP contribution < -0.4 is 0 Å². The highest BCUT2D eigenvalue weighted by atomic mass is 14.8. The molecule has 68 heavy (non-hydrogen) atoms. The summed E-state index contributed by atoms with van der Waals surface area (Å²) in [5, 5.41) is 0. The molecule has 0 spiro atoms. The van der Waals surface area contributed by atoms with E-state index >= 15 is 0 Å². The first-order valence-electron chi connectivity index (χ1n) is 23.1. The van der Waals surface area contributed by atoms with Crippen molar-refractivity contribution in [2.24, 2.45) is 0 Å². The molecule has 0 atom stereocenters. The molecule has 2 N–H and O–H groups in total. The van der Waals surface area contributed by atoms with E-state index in [9.17, 15) is 0 Å². The maximum atomic E-state index is 5.62. The highest BCUT2D eigenvalue weighted by Gasteiger charge is 2.22. The molecular weight excluding hydrogens is 827 g/mol. The molecular formula is C63H45N5. The van der Waals surface area contributed by atoms with Crippen LogP contribution in [0.5, 0.6) is 0 Å². The molecule has 0 radical (unpaired) electrons. The van der Waals surface area contributed by atoms with Gasteiger partial charge in [0, 0.05) is 55.5 Å². The van der Waals surface area contributed by atoms with Gasteiger partial charge in [0.25, 0.3) is 0 Å². The minimum absolute atomic E-state index is 0.853. The lowest BCUT2D eigenvalue weighted by Gasteiger charge is -2.12. The van der Waals surface area contributed by atoms with Gasteiger partial charge in [-0.05, 0) is 96.3 Å². The van der Waals surface area contributed by atoms with E-state index in [4.69, 9.17) is 15.0 Å². The van der Waals surface area contributed by atoms with Crippen LogP contribution >= 0.6 is 0 Å². The third-order valence-electron chi connectivity index (χ3n) is 12.9. The number of nitrogens with one attached hydrogen (secondary N) is 2. The van der Waals surface area contributed by atoms with Gasteiger partial charge in [0.15, 0.2) is 0 Å². The van der Waals surface area contributed by atoms with Gasteiger partial charge in [-0.2, -0.15) is 0 Å². The number of aryl methyl sites for hydroxylation is 2. The Hall–Kier alpha value is -8.93. The second-order valence-corrected chi connectivity index (χ2v) is 17.5. The zero-order chi connectivity index (χ0) is 45.6. The summed E-state index contributed by atoms with van der Waals surface area (Å²) in [6.45, 7) is 4.24. The number of rotatable bonds is 7. The van der Waals surface area contributed by atoms with Gasteiger partial charge in [-0.15, -0.1) is 0 Å². The van der Waals surface area contributed by atoms with Crippen molar-refractivity contribution in [1.29, 1.82) is 0 Å². The van der Waals surface area contributed by atoms with Gasteiger partial charge in [-0.1, -0.05) is 181 Å². The summed E-state index contributed by atoms with van der Waals surface area (Å²) in [5.41, 5.74) is 23.8. The summed E-state index contributed by atoms with van der Waals surface area (Å²) >= 11 is 0. The van der Waals surface area contributed by atoms with Gasteiger partial charge < -0.3 is 9.97 Å². The molecule has 322 valence electrons. The molecule has 6 heterocycles. The van der Waals surface area contributed by atoms with Crippen molar-refractivity contribution >= 4 is 46.4 Å². The number of hydrogen-bond acceptors (Lipinski definition) is 3. The van der Waals surface area contributed by atoms with Crippen molar-refractivity contribution in [3.8, 4) is 78.1 Å². The quantitative estimate of drug-likeness (QED) is 0.168. The van der Waals surface area contributed by atoms with E-state index in [-0.39, 0.29) is 0 Å². The Labute approximate surface area is 395 Å². The lowest BCUT2D eigenvalue weighted by atomic mass is 9.96. The largest absolute Gasteiger partial charge is 0.354 e. The van der Waals surface area contributed by atoms with Gasteiger partial charge in [-0.3, -0.25) is 0 Å². The van der Waals surface area contributed by atoms with E-state index in [1.165, 1.54) is 11.1 Å². The Kier molecular flexibility index (Phi) is 10.2. The van der Waals surface area contributed by atoms with Crippen molar-refractivity contribution < 1.29 is 0 Å². The Morgan fingerprint density at radius 2 is 0.662 bits per heavy atom. The molecule has 10 aromatic rings. The van der Waals surface area contributed by atoms with Crippen LogP contribution in [0.15, 0.2) is 200 Å². The molecule has 2 aliphatic rings. The van der Waals surface area contributed by atoms with Crippen LogP contribution in [0.3, 0.4) is 0 Å². The Morgan fingerprint density at radius 1 is 0.294 bits per heavy atom. The normalized spacial score (nSPS) is 11.9. The SMILES string of the molecule is Cc1ccc(-c2cc(-c3cc4[nH]c3c(-c3ccccc3)c3nc(c(-c5ccccc5)c5ccc([nH]5)c(-c5ccccc5)c5nc(c4-c4ccccc4)C=C5)C=C3)cc(-c3ccc(C)cc3)n2)cc1. The summed E-state index contributed by atoms with van der Waals surface area (Å²) in [7, 11) is 0. The first-order chi connectivity index (χ1) is 33.5. The monoisotopic (exact) mass is 871 g/mol. The topological polar surface area (TPSA) is 70.2 Å². The molecule has 0 unspecified atom stereocenters. The smallest absolute Gasteiger partial charge is 0.0737 e. The van der Waals surface area contributed by atoms with Crippen LogP contribution in [0, 0.1) is 13.8 Å². The van der Waals surface area contributed by atoms with Crippen LogP contribution in [0.2, 0.25) is 0 Å². The predicted molar refractivity (Wildman–Crippen MR) is 284 cm³/mol. The van der Waals surface area contributed by atoms with Gasteiger partial charge in [0.1, 0.15) is 0 Å². The van der Waals surface area contributed by atoms with Crippen LogP contribution in [0.1, 0.15) is 33.9 Å². The Morgan fingerprint density at radius 3 is 1.07 bits per heavy atom. The molecule has 2 aliphatic heterocycles. The van der Waals surface area contributed by atoms with Crippen molar-refractivity contribution in [2.75, 3.05) is 0 Å². The molecule has 5 nitrogen and oxygen atoms in total. The fourth-order valence-corrected chi connectivity index (χ4v) is 9.58. The highest BCUT2D eigenvalue weighted by Crippen LogP contribution is 2.43. The van der Waals surface area contributed by atoms with Crippen LogP contribution in [-0.2, 0) is 0 Å². The number of nitrogens with zero attached hydrogens (tertiary/aromatic N) is 3. The molecule has 12 rings (SSSR count). The minimum Gasteiger partial charge on any atom is -0.354 e. The summed E-state index contributed by atoms with van der Waals surface area (Å²) in [6, 6.07) is 70.8. The first-order valence-corrected chi connectivity index (χ1v) is 23.1. The zero-order valence-corrected chi connectivity index (χ0v) is 37.7. The average molecular weight is 872 g/mol. The number of H-pyrrole nitrogens is 2. The van der Waals surface area contributed by atoms with Crippen LogP contribution in [-0.4, -0.2) is 24.9 Å². The maximum absolute atomic E-state index is 5.62. The highest BCUT2D eigenvalue weighted by molar-refractivity contribution is 6.05. The fraction of sp³-hybridized carbons (Fsp3) is 0.0317. The standard InChI is InChI=1S/C63H45N5/c1-40-23-27-42(28-24-40)56-37-48(38-57(67-56)43-29-25-41(2)26-30-43)49-39-58-61(46-19-11-5-12-20-46)54-34-33-52(65-54)59(44-15-7-3-8-16-44)50-31-32-51(64-50)60(45-17-9-4-10-18-45)53-35-36-55(66-53)62(63(49)68-58)47-21-13-6-14-22-47/h3-39,64,68H,1-2H3. The van der Waals surface area contributed by atoms with E-state index < -0.39 is 0 Å². The molecule has 6 aromatic carbocycles. The van der Waals surface area contributed by atoms with Gasteiger partial charge >= 0.3 is 0 Å². The molecule has 0 saturated carbocycles. The summed E-state index contributed by atoms with van der Waals surface area (Å²) in [5.74, 6) is 0. The number of fused-ring (bicyclic) bond motifs is 8. The average Bonchev–Trinajstić information content (AvgIpc) is 4.24. The second-order valence-electron chi connectivity index (χ2n) is 17.5. The second kappa shape index (κ2) is 17.1. The van der Waals surface area contributed by atoms with E-state index in [1.807, 2.05) is 0 Å². The third kappa shape index (κ3) is 7.56. The summed E-state index contributed by atoms with van der Waals surface area (Å²) in [4.78, 5) is 24.5. The fourth-order valence-electron chi connectivity index (χ4n) is 9.58. The van der Waals surface area contributed by atoms with Gasteiger partial charge in [-0.25, -0.2) is 15.0 Å². The van der Waals surface area contributed by atoms with E-state index in [1.54, 1.807) is 0 Å². The molecule has 0 amide bonds. The lowest BCUT2D eigenvalue weighted by molar-refractivity contribution is 1.31.